The number of carbonyl (C=O) groups is 1. The van der Waals surface area contributed by atoms with Crippen LogP contribution in [-0.4, -0.2) is 18.5 Å². The van der Waals surface area contributed by atoms with Crippen LogP contribution in [0.2, 0.25) is 5.02 Å². The maximum absolute atomic E-state index is 12.0. The topological polar surface area (TPSA) is 55.1 Å². The third kappa shape index (κ3) is 4.35. The molecule has 1 fully saturated rings. The van der Waals surface area contributed by atoms with Gasteiger partial charge in [0.2, 0.25) is 5.91 Å². The summed E-state index contributed by atoms with van der Waals surface area (Å²) in [7, 11) is 0. The molecule has 118 valence electrons. The van der Waals surface area contributed by atoms with Crippen molar-refractivity contribution in [3.05, 3.63) is 34.9 Å². The lowest BCUT2D eigenvalue weighted by Crippen LogP contribution is -2.46. The third-order valence-electron chi connectivity index (χ3n) is 4.47. The van der Waals surface area contributed by atoms with Crippen molar-refractivity contribution in [2.24, 2.45) is 11.7 Å². The largest absolute Gasteiger partial charge is 0.354 e. The van der Waals surface area contributed by atoms with Crippen LogP contribution in [0.25, 0.3) is 0 Å². The summed E-state index contributed by atoms with van der Waals surface area (Å²) in [6.07, 6.45) is 3.12. The number of nitrogens with one attached hydrogen (secondary N) is 1. The van der Waals surface area contributed by atoms with E-state index in [1.54, 1.807) is 0 Å². The van der Waals surface area contributed by atoms with Gasteiger partial charge in [0.1, 0.15) is 0 Å². The first-order valence-corrected chi connectivity index (χ1v) is 7.65. The number of rotatable bonds is 6. The smallest absolute Gasteiger partial charge is 0.237 e. The van der Waals surface area contributed by atoms with Crippen molar-refractivity contribution in [1.29, 1.82) is 0 Å². The molecule has 21 heavy (non-hydrogen) atoms. The van der Waals surface area contributed by atoms with Crippen LogP contribution in [-0.2, 0) is 10.2 Å². The summed E-state index contributed by atoms with van der Waals surface area (Å²) >= 11 is 5.92. The Morgan fingerprint density at radius 2 is 1.95 bits per heavy atom. The number of carbonyl (C=O) groups excluding carboxylic acids is 1. The van der Waals surface area contributed by atoms with Gasteiger partial charge in [0, 0.05) is 17.0 Å². The Kier molecular flexibility index (Phi) is 6.51. The van der Waals surface area contributed by atoms with Crippen molar-refractivity contribution < 1.29 is 4.79 Å². The Labute approximate surface area is 138 Å². The Bertz CT molecular complexity index is 472. The molecule has 2 unspecified atom stereocenters. The summed E-state index contributed by atoms with van der Waals surface area (Å²) < 4.78 is 0. The average Bonchev–Trinajstić information content (AvgIpc) is 3.25. The van der Waals surface area contributed by atoms with Crippen LogP contribution < -0.4 is 11.1 Å². The monoisotopic (exact) mass is 330 g/mol. The number of amides is 1. The van der Waals surface area contributed by atoms with Gasteiger partial charge in [0.05, 0.1) is 6.04 Å². The van der Waals surface area contributed by atoms with Gasteiger partial charge >= 0.3 is 0 Å². The van der Waals surface area contributed by atoms with Gasteiger partial charge in [-0.25, -0.2) is 0 Å². The number of hydrogen-bond donors (Lipinski definition) is 2. The van der Waals surface area contributed by atoms with E-state index in [2.05, 4.69) is 17.4 Å². The number of hydrogen-bond acceptors (Lipinski definition) is 2. The predicted octanol–water partition coefficient (Wildman–Crippen LogP) is 3.28. The number of halogens is 2. The summed E-state index contributed by atoms with van der Waals surface area (Å²) in [4.78, 5) is 12.0. The molecule has 1 saturated carbocycles. The predicted molar refractivity (Wildman–Crippen MR) is 90.1 cm³/mol. The van der Waals surface area contributed by atoms with E-state index in [9.17, 15) is 4.79 Å². The standard InChI is InChI=1S/C16H23ClN2O.ClH/c1-3-11(2)14(18)15(20)19-10-16(8-9-16)12-4-6-13(17)7-5-12;/h4-7,11,14H,3,8-10,18H2,1-2H3,(H,19,20);1H. The van der Waals surface area contributed by atoms with Crippen molar-refractivity contribution >= 4 is 29.9 Å². The highest BCUT2D eigenvalue weighted by atomic mass is 35.5. The molecule has 0 radical (unpaired) electrons. The zero-order valence-electron chi connectivity index (χ0n) is 12.6. The Balaban J connectivity index is 0.00000220. The minimum atomic E-state index is -0.416. The first kappa shape index (κ1) is 18.3. The second-order valence-electron chi connectivity index (χ2n) is 5.92. The molecule has 0 aromatic heterocycles. The maximum Gasteiger partial charge on any atom is 0.237 e. The van der Waals surface area contributed by atoms with Crippen molar-refractivity contribution in [2.75, 3.05) is 6.54 Å². The molecule has 3 N–H and O–H groups in total. The molecule has 1 aliphatic rings. The van der Waals surface area contributed by atoms with Gasteiger partial charge < -0.3 is 11.1 Å². The second-order valence-corrected chi connectivity index (χ2v) is 6.35. The van der Waals surface area contributed by atoms with Crippen molar-refractivity contribution in [2.45, 2.75) is 44.6 Å². The number of benzene rings is 1. The van der Waals surface area contributed by atoms with E-state index in [-0.39, 0.29) is 29.6 Å². The minimum absolute atomic E-state index is 0. The van der Waals surface area contributed by atoms with Crippen LogP contribution >= 0.6 is 24.0 Å². The van der Waals surface area contributed by atoms with Gasteiger partial charge in [-0.05, 0) is 36.5 Å². The molecular weight excluding hydrogens is 307 g/mol. The highest BCUT2D eigenvalue weighted by Gasteiger charge is 2.44. The van der Waals surface area contributed by atoms with E-state index in [1.165, 1.54) is 5.56 Å². The molecule has 3 nitrogen and oxygen atoms in total. The molecule has 0 spiro atoms. The van der Waals surface area contributed by atoms with Gasteiger partial charge in [-0.1, -0.05) is 44.0 Å². The molecule has 0 bridgehead atoms. The van der Waals surface area contributed by atoms with Crippen molar-refractivity contribution in [3.8, 4) is 0 Å². The van der Waals surface area contributed by atoms with E-state index in [1.807, 2.05) is 26.0 Å². The third-order valence-corrected chi connectivity index (χ3v) is 4.72. The molecule has 2 rings (SSSR count). The quantitative estimate of drug-likeness (QED) is 0.840. The lowest BCUT2D eigenvalue weighted by molar-refractivity contribution is -0.123. The van der Waals surface area contributed by atoms with Gasteiger partial charge in [-0.3, -0.25) is 4.79 Å². The molecule has 1 aliphatic carbocycles. The Morgan fingerprint density at radius 3 is 2.43 bits per heavy atom. The fraction of sp³-hybridized carbons (Fsp3) is 0.562. The SMILES string of the molecule is CCC(C)C(N)C(=O)NCC1(c2ccc(Cl)cc2)CC1.Cl. The molecule has 0 aliphatic heterocycles. The molecular formula is C16H24Cl2N2O. The molecule has 1 amide bonds. The average molecular weight is 331 g/mol. The molecule has 2 atom stereocenters. The highest BCUT2D eigenvalue weighted by molar-refractivity contribution is 6.30. The Morgan fingerprint density at radius 1 is 1.38 bits per heavy atom. The fourth-order valence-corrected chi connectivity index (χ4v) is 2.53. The van der Waals surface area contributed by atoms with Crippen LogP contribution in [0.5, 0.6) is 0 Å². The molecule has 0 heterocycles. The first-order valence-electron chi connectivity index (χ1n) is 7.28. The highest BCUT2D eigenvalue weighted by Crippen LogP contribution is 2.47. The minimum Gasteiger partial charge on any atom is -0.354 e. The molecule has 0 saturated heterocycles. The van der Waals surface area contributed by atoms with Gasteiger partial charge in [0.25, 0.3) is 0 Å². The summed E-state index contributed by atoms with van der Waals surface area (Å²) in [6.45, 7) is 4.72. The van der Waals surface area contributed by atoms with Gasteiger partial charge in [-0.15, -0.1) is 12.4 Å². The first-order chi connectivity index (χ1) is 9.48. The normalized spacial score (nSPS) is 18.3. The van der Waals surface area contributed by atoms with Crippen molar-refractivity contribution in [3.63, 3.8) is 0 Å². The maximum atomic E-state index is 12.0. The second kappa shape index (κ2) is 7.48. The van der Waals surface area contributed by atoms with Crippen molar-refractivity contribution in [1.82, 2.24) is 5.32 Å². The Hall–Kier alpha value is -0.770. The van der Waals surface area contributed by atoms with Crippen LogP contribution in [0.4, 0.5) is 0 Å². The summed E-state index contributed by atoms with van der Waals surface area (Å²) in [6, 6.07) is 7.50. The van der Waals surface area contributed by atoms with E-state index in [4.69, 9.17) is 17.3 Å². The summed E-state index contributed by atoms with van der Waals surface area (Å²) in [5.74, 6) is 0.167. The molecule has 1 aromatic carbocycles. The van der Waals surface area contributed by atoms with E-state index in [0.29, 0.717) is 6.54 Å². The summed E-state index contributed by atoms with van der Waals surface area (Å²) in [5.41, 5.74) is 7.29. The lowest BCUT2D eigenvalue weighted by atomic mass is 9.95. The van der Waals surface area contributed by atoms with Gasteiger partial charge in [-0.2, -0.15) is 0 Å². The van der Waals surface area contributed by atoms with E-state index in [0.717, 1.165) is 24.3 Å². The van der Waals surface area contributed by atoms with E-state index >= 15 is 0 Å². The van der Waals surface area contributed by atoms with Crippen LogP contribution in [0.1, 0.15) is 38.7 Å². The zero-order valence-corrected chi connectivity index (χ0v) is 14.1. The number of nitrogens with two attached hydrogens (primary N) is 1. The lowest BCUT2D eigenvalue weighted by Gasteiger charge is -2.21. The fourth-order valence-electron chi connectivity index (χ4n) is 2.41. The molecule has 1 aromatic rings. The van der Waals surface area contributed by atoms with Crippen LogP contribution in [0, 0.1) is 5.92 Å². The summed E-state index contributed by atoms with van der Waals surface area (Å²) in [5, 5.41) is 3.76. The van der Waals surface area contributed by atoms with Crippen LogP contribution in [0.15, 0.2) is 24.3 Å². The van der Waals surface area contributed by atoms with E-state index < -0.39 is 6.04 Å². The van der Waals surface area contributed by atoms with Crippen LogP contribution in [0.3, 0.4) is 0 Å². The zero-order chi connectivity index (χ0) is 14.8. The van der Waals surface area contributed by atoms with Gasteiger partial charge in [0.15, 0.2) is 0 Å². The molecule has 5 heteroatoms.